The zero-order chi connectivity index (χ0) is 15.5. The van der Waals surface area contributed by atoms with Gasteiger partial charge in [0.15, 0.2) is 0 Å². The lowest BCUT2D eigenvalue weighted by atomic mass is 10.0. The molecule has 0 saturated carbocycles. The van der Waals surface area contributed by atoms with Crippen molar-refractivity contribution in [3.63, 3.8) is 0 Å². The van der Waals surface area contributed by atoms with Gasteiger partial charge in [0.1, 0.15) is 11.4 Å². The molecular weight excluding hydrogens is 294 g/mol. The molecule has 2 saturated heterocycles. The molecular formula is C18H25NO2S. The minimum absolute atomic E-state index is 0.0368. The van der Waals surface area contributed by atoms with Crippen LogP contribution in [0.4, 0.5) is 0 Å². The first-order chi connectivity index (χ1) is 10.7. The lowest BCUT2D eigenvalue weighted by Gasteiger charge is -2.36. The van der Waals surface area contributed by atoms with E-state index in [1.807, 2.05) is 18.2 Å². The number of thioether (sulfide) groups is 1. The Hall–Kier alpha value is -1.00. The van der Waals surface area contributed by atoms with Gasteiger partial charge in [-0.1, -0.05) is 25.1 Å². The predicted octanol–water partition coefficient (Wildman–Crippen LogP) is 3.73. The molecule has 3 rings (SSSR count). The normalized spacial score (nSPS) is 29.3. The van der Waals surface area contributed by atoms with E-state index in [2.05, 4.69) is 31.0 Å². The van der Waals surface area contributed by atoms with Gasteiger partial charge in [-0.2, -0.15) is 0 Å². The summed E-state index contributed by atoms with van der Waals surface area (Å²) in [5.41, 5.74) is 0. The number of rotatable bonds is 5. The van der Waals surface area contributed by atoms with Crippen molar-refractivity contribution in [3.05, 3.63) is 30.3 Å². The Morgan fingerprint density at radius 1 is 1.27 bits per heavy atom. The first-order valence-corrected chi connectivity index (χ1v) is 9.19. The standard InChI is InChI=1S/C18H25NO2S/c1-3-17(22-16-7-5-4-6-8-16)18(20)21-15-11-13-9-10-14(12-15)19(13)2/h4-8,13-15,17H,3,9-12H2,1-2H3/t13-,14+,15?,17?. The molecule has 0 aliphatic carbocycles. The van der Waals surface area contributed by atoms with Gasteiger partial charge in [-0.25, -0.2) is 0 Å². The van der Waals surface area contributed by atoms with E-state index >= 15 is 0 Å². The molecule has 0 spiro atoms. The van der Waals surface area contributed by atoms with Crippen molar-refractivity contribution >= 4 is 17.7 Å². The number of ether oxygens (including phenoxy) is 1. The van der Waals surface area contributed by atoms with Crippen molar-refractivity contribution in [2.24, 2.45) is 0 Å². The van der Waals surface area contributed by atoms with Crippen molar-refractivity contribution in [1.82, 2.24) is 4.90 Å². The highest BCUT2D eigenvalue weighted by molar-refractivity contribution is 8.00. The molecule has 4 atom stereocenters. The van der Waals surface area contributed by atoms with Gasteiger partial charge in [0.2, 0.25) is 0 Å². The summed E-state index contributed by atoms with van der Waals surface area (Å²) in [4.78, 5) is 16.1. The van der Waals surface area contributed by atoms with Crippen molar-refractivity contribution in [1.29, 1.82) is 0 Å². The smallest absolute Gasteiger partial charge is 0.319 e. The summed E-state index contributed by atoms with van der Waals surface area (Å²) in [6.45, 7) is 2.06. The van der Waals surface area contributed by atoms with E-state index < -0.39 is 0 Å². The van der Waals surface area contributed by atoms with Gasteiger partial charge in [-0.3, -0.25) is 4.79 Å². The summed E-state index contributed by atoms with van der Waals surface area (Å²) in [5.74, 6) is -0.0368. The van der Waals surface area contributed by atoms with Gasteiger partial charge in [0.05, 0.1) is 0 Å². The van der Waals surface area contributed by atoms with Crippen LogP contribution in [0.15, 0.2) is 35.2 Å². The zero-order valence-corrected chi connectivity index (χ0v) is 14.2. The van der Waals surface area contributed by atoms with Crippen LogP contribution in [-0.4, -0.2) is 41.4 Å². The Labute approximate surface area is 137 Å². The van der Waals surface area contributed by atoms with Crippen LogP contribution >= 0.6 is 11.8 Å². The molecule has 22 heavy (non-hydrogen) atoms. The molecule has 0 radical (unpaired) electrons. The lowest BCUT2D eigenvalue weighted by molar-refractivity contribution is -0.151. The maximum Gasteiger partial charge on any atom is 0.319 e. The third-order valence-electron chi connectivity index (χ3n) is 4.99. The molecule has 0 amide bonds. The fraction of sp³-hybridized carbons (Fsp3) is 0.611. The van der Waals surface area contributed by atoms with E-state index in [0.29, 0.717) is 12.1 Å². The number of carbonyl (C=O) groups is 1. The summed E-state index contributed by atoms with van der Waals surface area (Å²) in [6.07, 6.45) is 5.44. The van der Waals surface area contributed by atoms with E-state index in [0.717, 1.165) is 24.2 Å². The number of benzene rings is 1. The highest BCUT2D eigenvalue weighted by Gasteiger charge is 2.40. The van der Waals surface area contributed by atoms with E-state index in [9.17, 15) is 4.79 Å². The van der Waals surface area contributed by atoms with Gasteiger partial charge in [0, 0.05) is 17.0 Å². The highest BCUT2D eigenvalue weighted by Crippen LogP contribution is 2.36. The van der Waals surface area contributed by atoms with E-state index in [-0.39, 0.29) is 17.3 Å². The number of piperidine rings is 1. The zero-order valence-electron chi connectivity index (χ0n) is 13.4. The number of esters is 1. The predicted molar refractivity (Wildman–Crippen MR) is 90.1 cm³/mol. The highest BCUT2D eigenvalue weighted by atomic mass is 32.2. The second-order valence-corrected chi connectivity index (χ2v) is 7.68. The Morgan fingerprint density at radius 3 is 2.50 bits per heavy atom. The number of nitrogens with zero attached hydrogens (tertiary/aromatic N) is 1. The maximum atomic E-state index is 12.5. The first-order valence-electron chi connectivity index (χ1n) is 8.31. The second kappa shape index (κ2) is 7.05. The van der Waals surface area contributed by atoms with Crippen molar-refractivity contribution in [2.45, 2.75) is 67.4 Å². The van der Waals surface area contributed by atoms with Crippen LogP contribution in [0.25, 0.3) is 0 Å². The number of hydrogen-bond acceptors (Lipinski definition) is 4. The maximum absolute atomic E-state index is 12.5. The van der Waals surface area contributed by atoms with Gasteiger partial charge >= 0.3 is 5.97 Å². The average Bonchev–Trinajstić information content (AvgIpc) is 2.75. The number of carbonyl (C=O) groups excluding carboxylic acids is 1. The third-order valence-corrected chi connectivity index (χ3v) is 6.35. The molecule has 2 bridgehead atoms. The van der Waals surface area contributed by atoms with Crippen molar-refractivity contribution in [2.75, 3.05) is 7.05 Å². The molecule has 3 nitrogen and oxygen atoms in total. The van der Waals surface area contributed by atoms with Gasteiger partial charge < -0.3 is 9.64 Å². The average molecular weight is 319 g/mol. The van der Waals surface area contributed by atoms with Crippen LogP contribution in [0.1, 0.15) is 39.0 Å². The summed E-state index contributed by atoms with van der Waals surface area (Å²) >= 11 is 1.62. The molecule has 0 N–H and O–H groups in total. The minimum atomic E-state index is -0.0975. The van der Waals surface area contributed by atoms with Gasteiger partial charge in [0.25, 0.3) is 0 Å². The van der Waals surface area contributed by atoms with Crippen LogP contribution in [0, 0.1) is 0 Å². The molecule has 4 heteroatoms. The Morgan fingerprint density at radius 2 is 1.91 bits per heavy atom. The molecule has 120 valence electrons. The van der Waals surface area contributed by atoms with E-state index in [1.165, 1.54) is 12.8 Å². The number of hydrogen-bond donors (Lipinski definition) is 0. The molecule has 1 aromatic rings. The largest absolute Gasteiger partial charge is 0.461 e. The first kappa shape index (κ1) is 15.9. The van der Waals surface area contributed by atoms with Crippen molar-refractivity contribution in [3.8, 4) is 0 Å². The minimum Gasteiger partial charge on any atom is -0.461 e. The molecule has 2 aliphatic rings. The van der Waals surface area contributed by atoms with E-state index in [4.69, 9.17) is 4.74 Å². The van der Waals surface area contributed by atoms with Crippen LogP contribution in [0.5, 0.6) is 0 Å². The molecule has 2 aliphatic heterocycles. The fourth-order valence-corrected chi connectivity index (χ4v) is 4.62. The fourth-order valence-electron chi connectivity index (χ4n) is 3.66. The monoisotopic (exact) mass is 319 g/mol. The Kier molecular flexibility index (Phi) is 5.09. The van der Waals surface area contributed by atoms with Gasteiger partial charge in [-0.05, 0) is 51.3 Å². The molecule has 1 aromatic carbocycles. The SMILES string of the molecule is CCC(Sc1ccccc1)C(=O)OC1C[C@H]2CC[C@@H](C1)N2C. The summed E-state index contributed by atoms with van der Waals surface area (Å²) in [5, 5.41) is -0.0975. The van der Waals surface area contributed by atoms with Crippen LogP contribution < -0.4 is 0 Å². The summed E-state index contributed by atoms with van der Waals surface area (Å²) < 4.78 is 5.86. The second-order valence-electron chi connectivity index (χ2n) is 6.41. The molecule has 2 unspecified atom stereocenters. The lowest BCUT2D eigenvalue weighted by Crippen LogP contribution is -2.44. The van der Waals surface area contributed by atoms with Crippen LogP contribution in [0.2, 0.25) is 0 Å². The Bertz CT molecular complexity index is 493. The van der Waals surface area contributed by atoms with Crippen LogP contribution in [-0.2, 0) is 9.53 Å². The van der Waals surface area contributed by atoms with Crippen LogP contribution in [0.3, 0.4) is 0 Å². The molecule has 0 aromatic heterocycles. The van der Waals surface area contributed by atoms with E-state index in [1.54, 1.807) is 11.8 Å². The van der Waals surface area contributed by atoms with Gasteiger partial charge in [-0.15, -0.1) is 11.8 Å². The summed E-state index contributed by atoms with van der Waals surface area (Å²) in [7, 11) is 2.21. The van der Waals surface area contributed by atoms with Crippen molar-refractivity contribution < 1.29 is 9.53 Å². The third kappa shape index (κ3) is 3.49. The molecule has 2 fully saturated rings. The number of fused-ring (bicyclic) bond motifs is 2. The topological polar surface area (TPSA) is 29.5 Å². The quantitative estimate of drug-likeness (QED) is 0.611. The Balaban J connectivity index is 1.56. The summed E-state index contributed by atoms with van der Waals surface area (Å²) in [6, 6.07) is 11.3. The molecule has 2 heterocycles.